The fraction of sp³-hybridized carbons (Fsp3) is 0.583. The Morgan fingerprint density at radius 3 is 3.20 bits per heavy atom. The van der Waals surface area contributed by atoms with Gasteiger partial charge in [-0.15, -0.1) is 0 Å². The zero-order valence-corrected chi connectivity index (χ0v) is 9.32. The molecular weight excluding hydrogens is 186 g/mol. The number of anilines is 2. The molecule has 0 aliphatic carbocycles. The molecule has 1 unspecified atom stereocenters. The van der Waals surface area contributed by atoms with Crippen LogP contribution < -0.4 is 10.6 Å². The van der Waals surface area contributed by atoms with Crippen molar-refractivity contribution in [2.24, 2.45) is 5.92 Å². The zero-order valence-electron chi connectivity index (χ0n) is 9.32. The normalized spacial score (nSPS) is 21.7. The van der Waals surface area contributed by atoms with Gasteiger partial charge in [0.2, 0.25) is 0 Å². The number of hydrogen-bond acceptors (Lipinski definition) is 3. The van der Waals surface area contributed by atoms with Crippen LogP contribution in [0.1, 0.15) is 26.2 Å². The van der Waals surface area contributed by atoms with Gasteiger partial charge in [0.15, 0.2) is 5.82 Å². The summed E-state index contributed by atoms with van der Waals surface area (Å²) in [6.45, 7) is 4.46. The molecule has 1 atom stereocenters. The Labute approximate surface area is 91.3 Å². The van der Waals surface area contributed by atoms with Gasteiger partial charge in [0.05, 0.1) is 5.69 Å². The highest BCUT2D eigenvalue weighted by Crippen LogP contribution is 2.26. The molecule has 1 fully saturated rings. The van der Waals surface area contributed by atoms with Crippen molar-refractivity contribution in [2.45, 2.75) is 26.2 Å². The SMILES string of the molecule is CCC1CCCN(c2ncccc2N)C1. The average molecular weight is 205 g/mol. The minimum atomic E-state index is 0.800. The highest BCUT2D eigenvalue weighted by molar-refractivity contribution is 5.62. The van der Waals surface area contributed by atoms with Crippen molar-refractivity contribution in [3.8, 4) is 0 Å². The van der Waals surface area contributed by atoms with Gasteiger partial charge in [0, 0.05) is 19.3 Å². The molecule has 1 aromatic heterocycles. The van der Waals surface area contributed by atoms with E-state index in [2.05, 4.69) is 16.8 Å². The van der Waals surface area contributed by atoms with E-state index >= 15 is 0 Å². The summed E-state index contributed by atoms with van der Waals surface area (Å²) in [7, 11) is 0. The lowest BCUT2D eigenvalue weighted by molar-refractivity contribution is 0.403. The topological polar surface area (TPSA) is 42.2 Å². The molecule has 0 saturated carbocycles. The molecule has 2 heterocycles. The van der Waals surface area contributed by atoms with E-state index in [0.717, 1.165) is 30.5 Å². The largest absolute Gasteiger partial charge is 0.396 e. The first-order chi connectivity index (χ1) is 7.31. The second kappa shape index (κ2) is 4.51. The summed E-state index contributed by atoms with van der Waals surface area (Å²) in [5.74, 6) is 1.77. The second-order valence-corrected chi connectivity index (χ2v) is 4.28. The molecule has 1 aliphatic rings. The van der Waals surface area contributed by atoms with Crippen LogP contribution in [0.25, 0.3) is 0 Å². The number of rotatable bonds is 2. The molecule has 2 rings (SSSR count). The van der Waals surface area contributed by atoms with Crippen LogP contribution in [0.15, 0.2) is 18.3 Å². The monoisotopic (exact) mass is 205 g/mol. The standard InChI is InChI=1S/C12H19N3/c1-2-10-5-4-8-15(9-10)12-11(13)6-3-7-14-12/h3,6-7,10H,2,4-5,8-9,13H2,1H3. The van der Waals surface area contributed by atoms with Crippen LogP contribution in [0.3, 0.4) is 0 Å². The van der Waals surface area contributed by atoms with Gasteiger partial charge < -0.3 is 10.6 Å². The van der Waals surface area contributed by atoms with Crippen LogP contribution >= 0.6 is 0 Å². The summed E-state index contributed by atoms with van der Waals surface area (Å²) in [5, 5.41) is 0. The predicted molar refractivity (Wildman–Crippen MR) is 63.9 cm³/mol. The van der Waals surface area contributed by atoms with Gasteiger partial charge in [-0.3, -0.25) is 0 Å². The number of aromatic nitrogens is 1. The number of nitrogen functional groups attached to an aromatic ring is 1. The van der Waals surface area contributed by atoms with Gasteiger partial charge in [0.25, 0.3) is 0 Å². The third-order valence-electron chi connectivity index (χ3n) is 3.21. The lowest BCUT2D eigenvalue weighted by Gasteiger charge is -2.33. The predicted octanol–water partition coefficient (Wildman–Crippen LogP) is 2.29. The molecule has 1 aromatic rings. The van der Waals surface area contributed by atoms with E-state index in [1.54, 1.807) is 0 Å². The molecule has 3 heteroatoms. The smallest absolute Gasteiger partial charge is 0.151 e. The third-order valence-corrected chi connectivity index (χ3v) is 3.21. The Kier molecular flexibility index (Phi) is 3.09. The molecular formula is C12H19N3. The first-order valence-corrected chi connectivity index (χ1v) is 5.76. The molecule has 82 valence electrons. The summed E-state index contributed by atoms with van der Waals surface area (Å²) in [5.41, 5.74) is 6.73. The molecule has 2 N–H and O–H groups in total. The van der Waals surface area contributed by atoms with Gasteiger partial charge in [-0.25, -0.2) is 4.98 Å². The molecule has 15 heavy (non-hydrogen) atoms. The van der Waals surface area contributed by atoms with Gasteiger partial charge >= 0.3 is 0 Å². The highest BCUT2D eigenvalue weighted by Gasteiger charge is 2.20. The van der Waals surface area contributed by atoms with Crippen molar-refractivity contribution in [1.82, 2.24) is 4.98 Å². The summed E-state index contributed by atoms with van der Waals surface area (Å²) in [6.07, 6.45) is 5.68. The summed E-state index contributed by atoms with van der Waals surface area (Å²) < 4.78 is 0. The average Bonchev–Trinajstić information content (AvgIpc) is 2.30. The molecule has 0 bridgehead atoms. The number of hydrogen-bond donors (Lipinski definition) is 1. The summed E-state index contributed by atoms with van der Waals surface area (Å²) in [4.78, 5) is 6.70. The first-order valence-electron chi connectivity index (χ1n) is 5.76. The van der Waals surface area contributed by atoms with Crippen molar-refractivity contribution in [3.63, 3.8) is 0 Å². The summed E-state index contributed by atoms with van der Waals surface area (Å²) in [6, 6.07) is 3.82. The number of piperidine rings is 1. The summed E-state index contributed by atoms with van der Waals surface area (Å²) >= 11 is 0. The Morgan fingerprint density at radius 2 is 2.47 bits per heavy atom. The Bertz CT molecular complexity index is 324. The maximum absolute atomic E-state index is 5.93. The fourth-order valence-electron chi connectivity index (χ4n) is 2.26. The molecule has 0 aromatic carbocycles. The number of nitrogens with two attached hydrogens (primary N) is 1. The molecule has 0 radical (unpaired) electrons. The fourth-order valence-corrected chi connectivity index (χ4v) is 2.26. The van der Waals surface area contributed by atoms with E-state index < -0.39 is 0 Å². The van der Waals surface area contributed by atoms with E-state index in [9.17, 15) is 0 Å². The van der Waals surface area contributed by atoms with Crippen LogP contribution in [0, 0.1) is 5.92 Å². The van der Waals surface area contributed by atoms with E-state index in [-0.39, 0.29) is 0 Å². The van der Waals surface area contributed by atoms with E-state index in [4.69, 9.17) is 5.73 Å². The van der Waals surface area contributed by atoms with Gasteiger partial charge in [0.1, 0.15) is 0 Å². The number of nitrogens with zero attached hydrogens (tertiary/aromatic N) is 2. The van der Waals surface area contributed by atoms with Crippen LogP contribution in [-0.2, 0) is 0 Å². The molecule has 0 spiro atoms. The van der Waals surface area contributed by atoms with Gasteiger partial charge in [-0.05, 0) is 30.9 Å². The van der Waals surface area contributed by atoms with E-state index in [0.29, 0.717) is 0 Å². The Hall–Kier alpha value is -1.25. The van der Waals surface area contributed by atoms with Gasteiger partial charge in [-0.2, -0.15) is 0 Å². The van der Waals surface area contributed by atoms with Gasteiger partial charge in [-0.1, -0.05) is 13.3 Å². The Morgan fingerprint density at radius 1 is 1.60 bits per heavy atom. The van der Waals surface area contributed by atoms with Crippen molar-refractivity contribution in [2.75, 3.05) is 23.7 Å². The quantitative estimate of drug-likeness (QED) is 0.805. The maximum atomic E-state index is 5.93. The van der Waals surface area contributed by atoms with Crippen LogP contribution in [0.5, 0.6) is 0 Å². The lowest BCUT2D eigenvalue weighted by atomic mass is 9.95. The molecule has 3 nitrogen and oxygen atoms in total. The van der Waals surface area contributed by atoms with Crippen LogP contribution in [0.2, 0.25) is 0 Å². The lowest BCUT2D eigenvalue weighted by Crippen LogP contribution is -2.36. The minimum Gasteiger partial charge on any atom is -0.396 e. The zero-order chi connectivity index (χ0) is 10.7. The molecule has 0 amide bonds. The van der Waals surface area contributed by atoms with Crippen molar-refractivity contribution in [3.05, 3.63) is 18.3 Å². The minimum absolute atomic E-state index is 0.800. The Balaban J connectivity index is 2.13. The van der Waals surface area contributed by atoms with Crippen LogP contribution in [0.4, 0.5) is 11.5 Å². The van der Waals surface area contributed by atoms with Crippen molar-refractivity contribution in [1.29, 1.82) is 0 Å². The first kappa shape index (κ1) is 10.3. The van der Waals surface area contributed by atoms with E-state index in [1.165, 1.54) is 19.3 Å². The maximum Gasteiger partial charge on any atom is 0.151 e. The second-order valence-electron chi connectivity index (χ2n) is 4.28. The number of pyridine rings is 1. The van der Waals surface area contributed by atoms with Crippen molar-refractivity contribution >= 4 is 11.5 Å². The van der Waals surface area contributed by atoms with E-state index in [1.807, 2.05) is 18.3 Å². The van der Waals surface area contributed by atoms with Crippen LogP contribution in [-0.4, -0.2) is 18.1 Å². The van der Waals surface area contributed by atoms with Crippen molar-refractivity contribution < 1.29 is 0 Å². The molecule has 1 aliphatic heterocycles. The highest BCUT2D eigenvalue weighted by atomic mass is 15.2. The third kappa shape index (κ3) is 2.22. The molecule has 1 saturated heterocycles.